The predicted molar refractivity (Wildman–Crippen MR) is 46.4 cm³/mol. The van der Waals surface area contributed by atoms with Crippen LogP contribution in [0.4, 0.5) is 0 Å². The monoisotopic (exact) mass is 252 g/mol. The van der Waals surface area contributed by atoms with Crippen molar-refractivity contribution in [3.05, 3.63) is 0 Å². The van der Waals surface area contributed by atoms with E-state index >= 15 is 0 Å². The zero-order valence-electron chi connectivity index (χ0n) is 6.95. The van der Waals surface area contributed by atoms with E-state index in [1.807, 2.05) is 0 Å². The minimum atomic E-state index is -1.14. The van der Waals surface area contributed by atoms with Gasteiger partial charge in [-0.25, -0.2) is 0 Å². The van der Waals surface area contributed by atoms with Crippen molar-refractivity contribution >= 4 is 33.8 Å². The quantitative estimate of drug-likeness (QED) is 0.453. The third kappa shape index (κ3) is 5.35. The van der Waals surface area contributed by atoms with E-state index in [-0.39, 0.29) is 6.42 Å². The molecule has 1 atom stereocenters. The second-order valence-electron chi connectivity index (χ2n) is 2.21. The zero-order valence-corrected chi connectivity index (χ0v) is 8.54. The molecule has 0 aliphatic heterocycles. The van der Waals surface area contributed by atoms with Gasteiger partial charge in [-0.05, 0) is 0 Å². The average molecular weight is 253 g/mol. The van der Waals surface area contributed by atoms with E-state index in [9.17, 15) is 14.4 Å². The fourth-order valence-corrected chi connectivity index (χ4v) is 0.855. The lowest BCUT2D eigenvalue weighted by molar-refractivity contribution is -0.160. The van der Waals surface area contributed by atoms with Gasteiger partial charge < -0.3 is 9.84 Å². The number of carboxylic acids is 1. The van der Waals surface area contributed by atoms with Crippen molar-refractivity contribution in [2.24, 2.45) is 0 Å². The van der Waals surface area contributed by atoms with Crippen molar-refractivity contribution in [2.45, 2.75) is 24.6 Å². The summed E-state index contributed by atoms with van der Waals surface area (Å²) in [6, 6.07) is 0. The van der Waals surface area contributed by atoms with Crippen LogP contribution in [-0.2, 0) is 19.1 Å². The van der Waals surface area contributed by atoms with E-state index in [4.69, 9.17) is 5.11 Å². The van der Waals surface area contributed by atoms with Crippen molar-refractivity contribution in [1.29, 1.82) is 0 Å². The SMILES string of the molecule is CCC(=O)OC(=O)C(Br)CC(=O)O. The summed E-state index contributed by atoms with van der Waals surface area (Å²) in [4.78, 5) is 30.7. The molecule has 0 aliphatic carbocycles. The molecule has 5 nitrogen and oxygen atoms in total. The van der Waals surface area contributed by atoms with Gasteiger partial charge in [-0.1, -0.05) is 22.9 Å². The summed E-state index contributed by atoms with van der Waals surface area (Å²) in [6.07, 6.45) is -0.325. The highest BCUT2D eigenvalue weighted by molar-refractivity contribution is 9.10. The second-order valence-corrected chi connectivity index (χ2v) is 3.32. The van der Waals surface area contributed by atoms with Gasteiger partial charge in [0.1, 0.15) is 4.83 Å². The van der Waals surface area contributed by atoms with E-state index < -0.39 is 29.2 Å². The molecule has 0 rings (SSSR count). The van der Waals surface area contributed by atoms with Crippen LogP contribution in [-0.4, -0.2) is 27.8 Å². The molecule has 1 unspecified atom stereocenters. The molecule has 0 amide bonds. The lowest BCUT2D eigenvalue weighted by Gasteiger charge is -2.04. The lowest BCUT2D eigenvalue weighted by atomic mass is 10.3. The molecule has 0 radical (unpaired) electrons. The number of hydrogen-bond acceptors (Lipinski definition) is 4. The molecule has 0 bridgehead atoms. The summed E-state index contributed by atoms with van der Waals surface area (Å²) in [5.74, 6) is -2.67. The highest BCUT2D eigenvalue weighted by atomic mass is 79.9. The standard InChI is InChI=1S/C7H9BrO5/c1-2-6(11)13-7(12)4(8)3-5(9)10/h4H,2-3H2,1H3,(H,9,10). The Morgan fingerprint density at radius 2 is 2.00 bits per heavy atom. The normalized spacial score (nSPS) is 11.8. The molecule has 0 heterocycles. The number of halogens is 1. The van der Waals surface area contributed by atoms with E-state index in [0.717, 1.165) is 0 Å². The van der Waals surface area contributed by atoms with E-state index in [0.29, 0.717) is 0 Å². The van der Waals surface area contributed by atoms with Crippen LogP contribution >= 0.6 is 15.9 Å². The zero-order chi connectivity index (χ0) is 10.4. The molecule has 0 fully saturated rings. The lowest BCUT2D eigenvalue weighted by Crippen LogP contribution is -2.23. The number of aliphatic carboxylic acids is 1. The maximum Gasteiger partial charge on any atom is 0.327 e. The molecular formula is C7H9BrO5. The Balaban J connectivity index is 3.96. The Kier molecular flexibility index (Phi) is 5.29. The summed E-state index contributed by atoms with van der Waals surface area (Å²) in [7, 11) is 0. The van der Waals surface area contributed by atoms with E-state index in [2.05, 4.69) is 20.7 Å². The van der Waals surface area contributed by atoms with Crippen LogP contribution in [0, 0.1) is 0 Å². The van der Waals surface area contributed by atoms with Gasteiger partial charge in [0, 0.05) is 6.42 Å². The summed E-state index contributed by atoms with van der Waals surface area (Å²) >= 11 is 2.79. The predicted octanol–water partition coefficient (Wildman–Crippen LogP) is 0.704. The number of esters is 2. The summed E-state index contributed by atoms with van der Waals surface area (Å²) in [6.45, 7) is 1.54. The first-order valence-electron chi connectivity index (χ1n) is 3.57. The first-order chi connectivity index (χ1) is 5.97. The molecule has 0 aromatic carbocycles. The van der Waals surface area contributed by atoms with Crippen LogP contribution in [0.1, 0.15) is 19.8 Å². The molecule has 0 aromatic rings. The van der Waals surface area contributed by atoms with Gasteiger partial charge in [-0.3, -0.25) is 14.4 Å². The highest BCUT2D eigenvalue weighted by Gasteiger charge is 2.21. The fraction of sp³-hybridized carbons (Fsp3) is 0.571. The molecule has 0 aromatic heterocycles. The Morgan fingerprint density at radius 1 is 1.46 bits per heavy atom. The van der Waals surface area contributed by atoms with Crippen LogP contribution in [0.25, 0.3) is 0 Å². The number of ether oxygens (including phenoxy) is 1. The van der Waals surface area contributed by atoms with Crippen molar-refractivity contribution in [1.82, 2.24) is 0 Å². The largest absolute Gasteiger partial charge is 0.481 e. The van der Waals surface area contributed by atoms with Gasteiger partial charge in [0.2, 0.25) is 0 Å². The van der Waals surface area contributed by atoms with Crippen LogP contribution < -0.4 is 0 Å². The summed E-state index contributed by atoms with van der Waals surface area (Å²) < 4.78 is 4.27. The van der Waals surface area contributed by atoms with E-state index in [1.54, 1.807) is 0 Å². The third-order valence-corrected chi connectivity index (χ3v) is 1.81. The van der Waals surface area contributed by atoms with Crippen molar-refractivity contribution in [3.63, 3.8) is 0 Å². The summed E-state index contributed by atoms with van der Waals surface area (Å²) in [5.41, 5.74) is 0. The Bertz CT molecular complexity index is 225. The molecule has 74 valence electrons. The maximum absolute atomic E-state index is 10.9. The first-order valence-corrected chi connectivity index (χ1v) is 4.49. The van der Waals surface area contributed by atoms with Gasteiger partial charge in [-0.15, -0.1) is 0 Å². The van der Waals surface area contributed by atoms with Gasteiger partial charge in [0.15, 0.2) is 0 Å². The second kappa shape index (κ2) is 5.69. The molecule has 0 spiro atoms. The van der Waals surface area contributed by atoms with Crippen LogP contribution in [0.15, 0.2) is 0 Å². The van der Waals surface area contributed by atoms with E-state index in [1.165, 1.54) is 6.92 Å². The number of rotatable bonds is 4. The first kappa shape index (κ1) is 12.1. The molecule has 0 saturated carbocycles. The minimum absolute atomic E-state index is 0.0819. The van der Waals surface area contributed by atoms with Gasteiger partial charge in [-0.2, -0.15) is 0 Å². The number of alkyl halides is 1. The third-order valence-electron chi connectivity index (χ3n) is 1.11. The minimum Gasteiger partial charge on any atom is -0.481 e. The van der Waals surface area contributed by atoms with Gasteiger partial charge in [0.05, 0.1) is 6.42 Å². The molecule has 1 N–H and O–H groups in total. The topological polar surface area (TPSA) is 80.7 Å². The number of carbonyl (C=O) groups excluding carboxylic acids is 2. The molecule has 13 heavy (non-hydrogen) atoms. The number of hydrogen-bond donors (Lipinski definition) is 1. The van der Waals surface area contributed by atoms with Crippen molar-refractivity contribution in [3.8, 4) is 0 Å². The highest BCUT2D eigenvalue weighted by Crippen LogP contribution is 2.07. The Hall–Kier alpha value is -0.910. The molecule has 6 heteroatoms. The van der Waals surface area contributed by atoms with Crippen LogP contribution in [0.5, 0.6) is 0 Å². The Morgan fingerprint density at radius 3 is 2.38 bits per heavy atom. The van der Waals surface area contributed by atoms with Crippen molar-refractivity contribution in [2.75, 3.05) is 0 Å². The summed E-state index contributed by atoms with van der Waals surface area (Å²) in [5, 5.41) is 8.30. The molecule has 0 saturated heterocycles. The van der Waals surface area contributed by atoms with Crippen molar-refractivity contribution < 1.29 is 24.2 Å². The fourth-order valence-electron chi connectivity index (χ4n) is 0.485. The van der Waals surface area contributed by atoms with Crippen LogP contribution in [0.2, 0.25) is 0 Å². The number of carbonyl (C=O) groups is 3. The van der Waals surface area contributed by atoms with Crippen LogP contribution in [0.3, 0.4) is 0 Å². The average Bonchev–Trinajstić information content (AvgIpc) is 2.02. The Labute approximate surface area is 83.2 Å². The maximum atomic E-state index is 10.9. The molecule has 0 aliphatic rings. The van der Waals surface area contributed by atoms with Gasteiger partial charge >= 0.3 is 17.9 Å². The molecular weight excluding hydrogens is 244 g/mol. The van der Waals surface area contributed by atoms with Gasteiger partial charge in [0.25, 0.3) is 0 Å². The number of carboxylic acid groups (broad SMARTS) is 1. The smallest absolute Gasteiger partial charge is 0.327 e.